The Hall–Kier alpha value is -2.65. The summed E-state index contributed by atoms with van der Waals surface area (Å²) in [6.07, 6.45) is 0. The molecule has 0 bridgehead atoms. The molecule has 0 fully saturated rings. The molecule has 0 heterocycles. The zero-order chi connectivity index (χ0) is 16.9. The van der Waals surface area contributed by atoms with Crippen LogP contribution in [0.3, 0.4) is 0 Å². The van der Waals surface area contributed by atoms with Crippen molar-refractivity contribution in [2.75, 3.05) is 5.32 Å². The molecule has 0 radical (unpaired) electrons. The smallest absolute Gasteiger partial charge is 0.241 e. The molecule has 2 atom stereocenters. The number of anilines is 1. The van der Waals surface area contributed by atoms with Gasteiger partial charge >= 0.3 is 0 Å². The van der Waals surface area contributed by atoms with E-state index in [2.05, 4.69) is 29.7 Å². The number of fused-ring (bicyclic) bond motifs is 1. The Morgan fingerprint density at radius 3 is 2.29 bits per heavy atom. The van der Waals surface area contributed by atoms with Crippen LogP contribution in [0.15, 0.2) is 72.8 Å². The van der Waals surface area contributed by atoms with Gasteiger partial charge < -0.3 is 5.32 Å². The van der Waals surface area contributed by atoms with Gasteiger partial charge in [0.05, 0.1) is 6.04 Å². The average molecular weight is 318 g/mol. The maximum Gasteiger partial charge on any atom is 0.241 e. The second-order valence-corrected chi connectivity index (χ2v) is 6.04. The lowest BCUT2D eigenvalue weighted by Gasteiger charge is -2.20. The third kappa shape index (κ3) is 3.63. The summed E-state index contributed by atoms with van der Waals surface area (Å²) in [7, 11) is 0. The van der Waals surface area contributed by atoms with E-state index in [0.29, 0.717) is 0 Å². The SMILES string of the molecule is C[C@@H](N[C@H](C)c1ccccc1)C(=O)Nc1cccc2ccccc12. The molecule has 3 aromatic rings. The first-order chi connectivity index (χ1) is 11.6. The Kier molecular flexibility index (Phi) is 4.92. The molecule has 0 aliphatic heterocycles. The molecule has 3 heteroatoms. The molecular weight excluding hydrogens is 296 g/mol. The predicted octanol–water partition coefficient (Wildman–Crippen LogP) is 4.52. The second kappa shape index (κ2) is 7.28. The van der Waals surface area contributed by atoms with Crippen LogP contribution in [0.5, 0.6) is 0 Å². The Morgan fingerprint density at radius 1 is 0.833 bits per heavy atom. The van der Waals surface area contributed by atoms with Crippen LogP contribution in [-0.2, 0) is 4.79 Å². The van der Waals surface area contributed by atoms with E-state index in [1.165, 1.54) is 5.56 Å². The van der Waals surface area contributed by atoms with E-state index in [-0.39, 0.29) is 18.0 Å². The predicted molar refractivity (Wildman–Crippen MR) is 100 cm³/mol. The van der Waals surface area contributed by atoms with Gasteiger partial charge in [0.2, 0.25) is 5.91 Å². The van der Waals surface area contributed by atoms with Gasteiger partial charge in [-0.05, 0) is 30.9 Å². The van der Waals surface area contributed by atoms with Crippen LogP contribution < -0.4 is 10.6 Å². The van der Waals surface area contributed by atoms with Gasteiger partial charge in [0.15, 0.2) is 0 Å². The fraction of sp³-hybridized carbons (Fsp3) is 0.190. The van der Waals surface area contributed by atoms with Crippen molar-refractivity contribution in [2.24, 2.45) is 0 Å². The third-order valence-corrected chi connectivity index (χ3v) is 4.24. The normalized spacial score (nSPS) is 13.4. The minimum Gasteiger partial charge on any atom is -0.324 e. The zero-order valence-corrected chi connectivity index (χ0v) is 14.0. The highest BCUT2D eigenvalue weighted by atomic mass is 16.2. The van der Waals surface area contributed by atoms with Gasteiger partial charge in [0.25, 0.3) is 0 Å². The number of rotatable bonds is 5. The number of nitrogens with one attached hydrogen (secondary N) is 2. The number of carbonyl (C=O) groups is 1. The van der Waals surface area contributed by atoms with Gasteiger partial charge in [-0.1, -0.05) is 66.7 Å². The van der Waals surface area contributed by atoms with E-state index >= 15 is 0 Å². The van der Waals surface area contributed by atoms with Crippen LogP contribution in [-0.4, -0.2) is 11.9 Å². The monoisotopic (exact) mass is 318 g/mol. The molecule has 2 N–H and O–H groups in total. The van der Waals surface area contributed by atoms with E-state index in [4.69, 9.17) is 0 Å². The van der Waals surface area contributed by atoms with Crippen molar-refractivity contribution in [2.45, 2.75) is 25.9 Å². The van der Waals surface area contributed by atoms with Crippen LogP contribution >= 0.6 is 0 Å². The first kappa shape index (κ1) is 16.2. The molecule has 122 valence electrons. The van der Waals surface area contributed by atoms with Gasteiger partial charge in [-0.25, -0.2) is 0 Å². The van der Waals surface area contributed by atoms with Gasteiger partial charge in [0, 0.05) is 17.1 Å². The fourth-order valence-electron chi connectivity index (χ4n) is 2.86. The quantitative estimate of drug-likeness (QED) is 0.726. The third-order valence-electron chi connectivity index (χ3n) is 4.24. The second-order valence-electron chi connectivity index (χ2n) is 6.04. The van der Waals surface area contributed by atoms with Crippen LogP contribution in [0.2, 0.25) is 0 Å². The molecular formula is C21H22N2O. The molecule has 0 aliphatic rings. The summed E-state index contributed by atoms with van der Waals surface area (Å²) in [6, 6.07) is 23.9. The lowest BCUT2D eigenvalue weighted by molar-refractivity contribution is -0.117. The van der Waals surface area contributed by atoms with E-state index < -0.39 is 0 Å². The maximum absolute atomic E-state index is 12.5. The lowest BCUT2D eigenvalue weighted by atomic mass is 10.1. The average Bonchev–Trinajstić information content (AvgIpc) is 2.62. The van der Waals surface area contributed by atoms with Gasteiger partial charge in [0.1, 0.15) is 0 Å². The van der Waals surface area contributed by atoms with Crippen LogP contribution in [0.25, 0.3) is 10.8 Å². The Balaban J connectivity index is 1.70. The maximum atomic E-state index is 12.5. The van der Waals surface area contributed by atoms with Crippen molar-refractivity contribution in [3.05, 3.63) is 78.4 Å². The van der Waals surface area contributed by atoms with E-state index in [1.54, 1.807) is 0 Å². The van der Waals surface area contributed by atoms with Crippen LogP contribution in [0.1, 0.15) is 25.5 Å². The summed E-state index contributed by atoms with van der Waals surface area (Å²) in [5.74, 6) is -0.0332. The van der Waals surface area contributed by atoms with Gasteiger partial charge in [-0.15, -0.1) is 0 Å². The summed E-state index contributed by atoms with van der Waals surface area (Å²) in [5, 5.41) is 8.56. The Morgan fingerprint density at radius 2 is 1.50 bits per heavy atom. The number of benzene rings is 3. The lowest BCUT2D eigenvalue weighted by Crippen LogP contribution is -2.39. The zero-order valence-electron chi connectivity index (χ0n) is 14.0. The number of hydrogen-bond donors (Lipinski definition) is 2. The highest BCUT2D eigenvalue weighted by Gasteiger charge is 2.17. The summed E-state index contributed by atoms with van der Waals surface area (Å²) in [6.45, 7) is 3.96. The number of amides is 1. The van der Waals surface area contributed by atoms with E-state index in [9.17, 15) is 4.79 Å². The highest BCUT2D eigenvalue weighted by Crippen LogP contribution is 2.23. The van der Waals surface area contributed by atoms with E-state index in [0.717, 1.165) is 16.5 Å². The molecule has 0 spiro atoms. The largest absolute Gasteiger partial charge is 0.324 e. The molecule has 0 aliphatic carbocycles. The topological polar surface area (TPSA) is 41.1 Å². The minimum absolute atomic E-state index is 0.0332. The van der Waals surface area contributed by atoms with Crippen molar-refractivity contribution in [1.29, 1.82) is 0 Å². The number of carbonyl (C=O) groups excluding carboxylic acids is 1. The molecule has 0 aromatic heterocycles. The molecule has 0 unspecified atom stereocenters. The summed E-state index contributed by atoms with van der Waals surface area (Å²) < 4.78 is 0. The Bertz CT molecular complexity index is 824. The van der Waals surface area contributed by atoms with Crippen molar-refractivity contribution in [3.63, 3.8) is 0 Å². The molecule has 1 amide bonds. The standard InChI is InChI=1S/C21H22N2O/c1-15(17-9-4-3-5-10-17)22-16(2)21(24)23-20-14-8-12-18-11-6-7-13-19(18)20/h3-16,22H,1-2H3,(H,23,24)/t15-,16-/m1/s1. The summed E-state index contributed by atoms with van der Waals surface area (Å²) in [5.41, 5.74) is 2.02. The molecule has 0 saturated carbocycles. The summed E-state index contributed by atoms with van der Waals surface area (Å²) in [4.78, 5) is 12.5. The van der Waals surface area contributed by atoms with Crippen molar-refractivity contribution in [3.8, 4) is 0 Å². The first-order valence-electron chi connectivity index (χ1n) is 8.25. The molecule has 3 aromatic carbocycles. The van der Waals surface area contributed by atoms with Crippen LogP contribution in [0, 0.1) is 0 Å². The van der Waals surface area contributed by atoms with Gasteiger partial charge in [-0.2, -0.15) is 0 Å². The number of hydrogen-bond acceptors (Lipinski definition) is 2. The van der Waals surface area contributed by atoms with Crippen LogP contribution in [0.4, 0.5) is 5.69 Å². The van der Waals surface area contributed by atoms with Gasteiger partial charge in [-0.3, -0.25) is 10.1 Å². The molecule has 24 heavy (non-hydrogen) atoms. The van der Waals surface area contributed by atoms with Crippen molar-refractivity contribution >= 4 is 22.4 Å². The fourth-order valence-corrected chi connectivity index (χ4v) is 2.86. The molecule has 3 rings (SSSR count). The molecule has 3 nitrogen and oxygen atoms in total. The molecule has 0 saturated heterocycles. The Labute approximate surface area is 142 Å². The van der Waals surface area contributed by atoms with E-state index in [1.807, 2.05) is 67.6 Å². The minimum atomic E-state index is -0.292. The first-order valence-corrected chi connectivity index (χ1v) is 8.25. The summed E-state index contributed by atoms with van der Waals surface area (Å²) >= 11 is 0. The highest BCUT2D eigenvalue weighted by molar-refractivity contribution is 6.03. The van der Waals surface area contributed by atoms with Crippen molar-refractivity contribution in [1.82, 2.24) is 5.32 Å². The van der Waals surface area contributed by atoms with Crippen molar-refractivity contribution < 1.29 is 4.79 Å².